The summed E-state index contributed by atoms with van der Waals surface area (Å²) in [6.45, 7) is 23.6. The molecule has 11 nitrogen and oxygen atoms in total. The van der Waals surface area contributed by atoms with E-state index in [4.69, 9.17) is 20.9 Å². The van der Waals surface area contributed by atoms with E-state index in [-0.39, 0.29) is 63.6 Å². The predicted octanol–water partition coefficient (Wildman–Crippen LogP) is 6.11. The van der Waals surface area contributed by atoms with Crippen molar-refractivity contribution in [2.45, 2.75) is 125 Å². The number of nitrogens with zero attached hydrogens (tertiary/aromatic N) is 3. The lowest BCUT2D eigenvalue weighted by molar-refractivity contribution is -0.254. The Labute approximate surface area is 305 Å². The fourth-order valence-corrected chi connectivity index (χ4v) is 12.4. The van der Waals surface area contributed by atoms with Gasteiger partial charge in [-0.3, -0.25) is 9.59 Å². The van der Waals surface area contributed by atoms with Gasteiger partial charge in [-0.05, 0) is 96.7 Å². The molecule has 4 aliphatic carbocycles. The van der Waals surface area contributed by atoms with Crippen LogP contribution in [0.25, 0.3) is 0 Å². The number of ether oxygens (including phenoxy) is 2. The number of amides is 1. The van der Waals surface area contributed by atoms with Crippen molar-refractivity contribution >= 4 is 17.8 Å². The number of allylic oxidation sites excluding steroid dienone is 1. The molecule has 0 spiro atoms. The van der Waals surface area contributed by atoms with E-state index in [1.54, 1.807) is 11.7 Å². The van der Waals surface area contributed by atoms with E-state index in [9.17, 15) is 14.7 Å². The first-order valence-electron chi connectivity index (χ1n) is 19.5. The lowest BCUT2D eigenvalue weighted by Crippen LogP contribution is -2.70. The molecule has 0 aromatic carbocycles. The molecule has 1 aromatic rings. The Morgan fingerprint density at radius 3 is 2.41 bits per heavy atom. The van der Waals surface area contributed by atoms with E-state index >= 15 is 0 Å². The number of carboxylic acid groups (broad SMARTS) is 1. The van der Waals surface area contributed by atoms with Crippen LogP contribution in [-0.4, -0.2) is 70.3 Å². The van der Waals surface area contributed by atoms with Gasteiger partial charge in [0.05, 0.1) is 37.9 Å². The van der Waals surface area contributed by atoms with Crippen LogP contribution in [-0.2, 0) is 14.3 Å². The van der Waals surface area contributed by atoms with Crippen molar-refractivity contribution in [2.75, 3.05) is 32.6 Å². The van der Waals surface area contributed by atoms with E-state index in [2.05, 4.69) is 83.8 Å². The summed E-state index contributed by atoms with van der Waals surface area (Å²) in [6, 6.07) is -0.357. The summed E-state index contributed by atoms with van der Waals surface area (Å²) >= 11 is 0. The van der Waals surface area contributed by atoms with Crippen molar-refractivity contribution < 1.29 is 24.2 Å². The summed E-state index contributed by atoms with van der Waals surface area (Å²) in [7, 11) is 1.59. The second-order valence-corrected chi connectivity index (χ2v) is 19.4. The van der Waals surface area contributed by atoms with Crippen molar-refractivity contribution in [1.29, 1.82) is 0 Å². The molecule has 0 unspecified atom stereocenters. The van der Waals surface area contributed by atoms with Crippen LogP contribution >= 0.6 is 0 Å². The van der Waals surface area contributed by atoms with Gasteiger partial charge < -0.3 is 31.4 Å². The van der Waals surface area contributed by atoms with Gasteiger partial charge in [-0.2, -0.15) is 4.98 Å². The van der Waals surface area contributed by atoms with Crippen LogP contribution in [0.1, 0.15) is 124 Å². The van der Waals surface area contributed by atoms with Crippen molar-refractivity contribution in [2.24, 2.45) is 68.3 Å². The number of hydrogen-bond donors (Lipinski definition) is 4. The van der Waals surface area contributed by atoms with Gasteiger partial charge in [0, 0.05) is 18.0 Å². The molecule has 0 radical (unpaired) electrons. The number of aromatic nitrogens is 3. The average Bonchev–Trinajstić information content (AvgIpc) is 3.44. The highest BCUT2D eigenvalue weighted by Crippen LogP contribution is 2.75. The molecule has 3 saturated carbocycles. The van der Waals surface area contributed by atoms with Crippen LogP contribution in [0.15, 0.2) is 11.6 Å². The number of carboxylic acids is 1. The standard InChI is InChI=1S/C40H66N6O5/c1-22(2)24(5)36(7)16-17-37(8)25-12-13-28-35(6)18-27(46-31(32(47)43-11)44-34(41)45-46)30(51-20-39(10,42)23(3)4)40(28,21-50-19-35)26(25)14-15-38(37,9)29(36)33(48)49/h14,22-25,27-30H,12-13,15-21,42H2,1-11H3,(H2,41,45)(H,43,47)(H,48,49)/t24-,25+,27-,28-,29-,30+,35-,36-,37-,38+,39+,40+/m1/s1. The highest BCUT2D eigenvalue weighted by Gasteiger charge is 2.73. The maximum atomic E-state index is 13.6. The molecule has 12 atom stereocenters. The monoisotopic (exact) mass is 711 g/mol. The summed E-state index contributed by atoms with van der Waals surface area (Å²) in [4.78, 5) is 31.2. The van der Waals surface area contributed by atoms with Gasteiger partial charge in [0.2, 0.25) is 11.8 Å². The van der Waals surface area contributed by atoms with E-state index in [0.29, 0.717) is 38.6 Å². The fraction of sp³-hybridized carbons (Fsp3) is 0.850. The fourth-order valence-electron chi connectivity index (χ4n) is 12.4. The zero-order chi connectivity index (χ0) is 37.7. The molecule has 2 bridgehead atoms. The highest BCUT2D eigenvalue weighted by atomic mass is 16.5. The second-order valence-electron chi connectivity index (χ2n) is 19.4. The number of aliphatic carboxylic acids is 1. The molecule has 1 amide bonds. The zero-order valence-corrected chi connectivity index (χ0v) is 33.1. The topological polar surface area (TPSA) is 168 Å². The van der Waals surface area contributed by atoms with Crippen LogP contribution in [0.3, 0.4) is 0 Å². The van der Waals surface area contributed by atoms with Crippen LogP contribution in [0.4, 0.5) is 5.95 Å². The van der Waals surface area contributed by atoms with E-state index < -0.39 is 34.4 Å². The Balaban J connectivity index is 1.55. The predicted molar refractivity (Wildman–Crippen MR) is 198 cm³/mol. The Hall–Kier alpha value is -2.50. The number of fused-ring (bicyclic) bond motifs is 3. The van der Waals surface area contributed by atoms with Crippen LogP contribution < -0.4 is 16.8 Å². The Morgan fingerprint density at radius 1 is 1.12 bits per heavy atom. The number of nitrogens with two attached hydrogens (primary N) is 2. The molecule has 1 saturated heterocycles. The molecular formula is C40H66N6O5. The summed E-state index contributed by atoms with van der Waals surface area (Å²) in [6.07, 6.45) is 7.17. The van der Waals surface area contributed by atoms with Crippen LogP contribution in [0.5, 0.6) is 0 Å². The zero-order valence-electron chi connectivity index (χ0n) is 33.1. The van der Waals surface area contributed by atoms with Gasteiger partial charge in [0.1, 0.15) is 0 Å². The third-order valence-electron chi connectivity index (χ3n) is 16.3. The summed E-state index contributed by atoms with van der Waals surface area (Å²) in [5.41, 5.74) is 12.1. The van der Waals surface area contributed by atoms with Gasteiger partial charge in [0.25, 0.3) is 5.91 Å². The number of hydrogen-bond acceptors (Lipinski definition) is 8. The molecule has 1 aliphatic heterocycles. The summed E-state index contributed by atoms with van der Waals surface area (Å²) in [5.74, 6) is -0.0664. The normalized spacial score (nSPS) is 42.2. The molecule has 6 N–H and O–H groups in total. The number of nitrogens with one attached hydrogen (secondary N) is 1. The maximum Gasteiger partial charge on any atom is 0.307 e. The van der Waals surface area contributed by atoms with Crippen molar-refractivity contribution in [3.63, 3.8) is 0 Å². The largest absolute Gasteiger partial charge is 0.481 e. The van der Waals surface area contributed by atoms with Crippen LogP contribution in [0.2, 0.25) is 0 Å². The molecule has 4 fully saturated rings. The minimum atomic E-state index is -0.670. The van der Waals surface area contributed by atoms with Gasteiger partial charge in [-0.1, -0.05) is 74.0 Å². The maximum absolute atomic E-state index is 13.6. The Kier molecular flexibility index (Phi) is 9.40. The molecule has 286 valence electrons. The Bertz CT molecular complexity index is 1570. The molecule has 5 aliphatic rings. The molecular weight excluding hydrogens is 644 g/mol. The van der Waals surface area contributed by atoms with Crippen molar-refractivity contribution in [3.05, 3.63) is 17.5 Å². The highest BCUT2D eigenvalue weighted by molar-refractivity contribution is 5.90. The minimum Gasteiger partial charge on any atom is -0.481 e. The smallest absolute Gasteiger partial charge is 0.307 e. The molecule has 1 aromatic heterocycles. The van der Waals surface area contributed by atoms with Crippen molar-refractivity contribution in [3.8, 4) is 0 Å². The van der Waals surface area contributed by atoms with Gasteiger partial charge in [-0.15, -0.1) is 5.10 Å². The van der Waals surface area contributed by atoms with E-state index in [1.807, 2.05) is 6.92 Å². The van der Waals surface area contributed by atoms with E-state index in [0.717, 1.165) is 25.7 Å². The number of nitrogen functional groups attached to an aromatic ring is 1. The van der Waals surface area contributed by atoms with Crippen molar-refractivity contribution in [1.82, 2.24) is 20.1 Å². The average molecular weight is 711 g/mol. The summed E-state index contributed by atoms with van der Waals surface area (Å²) < 4.78 is 15.7. The molecule has 51 heavy (non-hydrogen) atoms. The second kappa shape index (κ2) is 12.5. The quantitative estimate of drug-likeness (QED) is 0.221. The summed E-state index contributed by atoms with van der Waals surface area (Å²) in [5, 5.41) is 18.6. The number of rotatable bonds is 9. The lowest BCUT2D eigenvalue weighted by atomic mass is 9.34. The third kappa shape index (κ3) is 5.36. The van der Waals surface area contributed by atoms with Gasteiger partial charge in [-0.25, -0.2) is 4.68 Å². The molecule has 6 rings (SSSR count). The van der Waals surface area contributed by atoms with E-state index in [1.165, 1.54) is 5.57 Å². The minimum absolute atomic E-state index is 0.0478. The van der Waals surface area contributed by atoms with Gasteiger partial charge >= 0.3 is 5.97 Å². The SMILES string of the molecule is CNC(=O)c1nc(N)nn1[C@@H]1C[C@]2(C)COC[C@@]3(C4=CC[C@@]5(C)[C@H](C(=O)O)[C@@](C)([C@H](C)C(C)C)CC[C@]5(C)[C@H]4CC[C@H]23)[C@H]1OC[C@](C)(N)C(C)C. The van der Waals surface area contributed by atoms with Crippen LogP contribution in [0, 0.1) is 62.6 Å². The van der Waals surface area contributed by atoms with Gasteiger partial charge in [0.15, 0.2) is 0 Å². The first-order chi connectivity index (χ1) is 23.6. The number of anilines is 1. The first kappa shape index (κ1) is 38.2. The number of carbonyl (C=O) groups excluding carboxylic acids is 1. The lowest BCUT2D eigenvalue weighted by Gasteiger charge is -2.71. The molecule has 2 heterocycles. The first-order valence-corrected chi connectivity index (χ1v) is 19.5. The third-order valence-corrected chi connectivity index (χ3v) is 16.3. The molecule has 11 heteroatoms. The number of carbonyl (C=O) groups is 2. The Morgan fingerprint density at radius 2 is 1.80 bits per heavy atom.